The molecule has 116 valence electrons. The molecule has 2 nitrogen and oxygen atoms in total. The monoisotopic (exact) mass is 363 g/mol. The summed E-state index contributed by atoms with van der Waals surface area (Å²) in [5, 5.41) is 2.90. The predicted molar refractivity (Wildman–Crippen MR) is 91.4 cm³/mol. The van der Waals surface area contributed by atoms with Crippen molar-refractivity contribution < 1.29 is 9.18 Å². The molecular weight excluding hydrogens is 345 g/mol. The van der Waals surface area contributed by atoms with Crippen molar-refractivity contribution in [3.63, 3.8) is 0 Å². The van der Waals surface area contributed by atoms with Crippen molar-refractivity contribution in [3.05, 3.63) is 64.4 Å². The number of hydrogen-bond acceptors (Lipinski definition) is 1. The summed E-state index contributed by atoms with van der Waals surface area (Å²) < 4.78 is 13.7. The summed E-state index contributed by atoms with van der Waals surface area (Å²) in [6, 6.07) is 14.0. The van der Waals surface area contributed by atoms with E-state index in [9.17, 15) is 9.18 Å². The molecular formula is C18H19BrFNO. The van der Waals surface area contributed by atoms with Gasteiger partial charge in [-0.05, 0) is 45.6 Å². The number of carbonyl (C=O) groups is 1. The highest BCUT2D eigenvalue weighted by Crippen LogP contribution is 2.30. The van der Waals surface area contributed by atoms with Crippen LogP contribution in [0.1, 0.15) is 31.7 Å². The maximum atomic E-state index is 13.1. The van der Waals surface area contributed by atoms with E-state index >= 15 is 0 Å². The average molecular weight is 364 g/mol. The molecule has 0 bridgehead atoms. The van der Waals surface area contributed by atoms with Crippen LogP contribution in [0.2, 0.25) is 0 Å². The number of rotatable bonds is 5. The maximum Gasteiger partial charge on any atom is 0.232 e. The van der Waals surface area contributed by atoms with Gasteiger partial charge in [0.25, 0.3) is 0 Å². The smallest absolute Gasteiger partial charge is 0.232 e. The van der Waals surface area contributed by atoms with Crippen molar-refractivity contribution in [3.8, 4) is 0 Å². The van der Waals surface area contributed by atoms with Crippen LogP contribution in [-0.4, -0.2) is 5.91 Å². The lowest BCUT2D eigenvalue weighted by atomic mass is 9.85. The second-order valence-electron chi connectivity index (χ2n) is 5.39. The molecule has 0 aliphatic carbocycles. The first-order valence-corrected chi connectivity index (χ1v) is 8.13. The maximum absolute atomic E-state index is 13.1. The Balaban J connectivity index is 2.26. The molecule has 2 rings (SSSR count). The van der Waals surface area contributed by atoms with Crippen molar-refractivity contribution in [1.29, 1.82) is 0 Å². The van der Waals surface area contributed by atoms with Gasteiger partial charge in [-0.25, -0.2) is 4.39 Å². The third-order valence-corrected chi connectivity index (χ3v) is 4.50. The van der Waals surface area contributed by atoms with Gasteiger partial charge < -0.3 is 5.32 Å². The zero-order valence-corrected chi connectivity index (χ0v) is 14.2. The predicted octanol–water partition coefficient (Wildman–Crippen LogP) is 5.36. The molecule has 0 saturated carbocycles. The Labute approximate surface area is 138 Å². The van der Waals surface area contributed by atoms with Crippen LogP contribution >= 0.6 is 15.9 Å². The van der Waals surface area contributed by atoms with Crippen LogP contribution in [0.5, 0.6) is 0 Å². The summed E-state index contributed by atoms with van der Waals surface area (Å²) in [5.41, 5.74) is 1.57. The molecule has 0 heterocycles. The molecule has 2 aromatic rings. The average Bonchev–Trinajstić information content (AvgIpc) is 2.51. The summed E-state index contributed by atoms with van der Waals surface area (Å²) in [6.45, 7) is 4.14. The van der Waals surface area contributed by atoms with Crippen molar-refractivity contribution in [2.45, 2.75) is 26.2 Å². The number of nitrogens with one attached hydrogen (secondary N) is 1. The first-order chi connectivity index (χ1) is 10.5. The third-order valence-electron chi connectivity index (χ3n) is 3.84. The first-order valence-electron chi connectivity index (χ1n) is 7.33. The minimum Gasteiger partial charge on any atom is -0.325 e. The summed E-state index contributed by atoms with van der Waals surface area (Å²) >= 11 is 3.28. The Morgan fingerprint density at radius 1 is 1.23 bits per heavy atom. The van der Waals surface area contributed by atoms with E-state index in [2.05, 4.69) is 35.1 Å². The van der Waals surface area contributed by atoms with E-state index in [1.807, 2.05) is 30.3 Å². The Bertz CT molecular complexity index is 645. The third kappa shape index (κ3) is 3.95. The van der Waals surface area contributed by atoms with E-state index in [1.54, 1.807) is 6.07 Å². The number of carbonyl (C=O) groups excluding carboxylic acids is 1. The van der Waals surface area contributed by atoms with Gasteiger partial charge in [-0.3, -0.25) is 4.79 Å². The highest BCUT2D eigenvalue weighted by Gasteiger charge is 2.26. The molecule has 22 heavy (non-hydrogen) atoms. The van der Waals surface area contributed by atoms with E-state index in [4.69, 9.17) is 0 Å². The highest BCUT2D eigenvalue weighted by atomic mass is 79.9. The largest absolute Gasteiger partial charge is 0.325 e. The summed E-state index contributed by atoms with van der Waals surface area (Å²) in [5.74, 6) is -0.441. The fraction of sp³-hybridized carbons (Fsp3) is 0.278. The Morgan fingerprint density at radius 3 is 2.50 bits per heavy atom. The number of halogens is 2. The van der Waals surface area contributed by atoms with Gasteiger partial charge in [0, 0.05) is 4.47 Å². The molecule has 2 aromatic carbocycles. The topological polar surface area (TPSA) is 29.1 Å². The van der Waals surface area contributed by atoms with Gasteiger partial charge >= 0.3 is 0 Å². The lowest BCUT2D eigenvalue weighted by Crippen LogP contribution is -2.26. The van der Waals surface area contributed by atoms with Crippen LogP contribution in [0.15, 0.2) is 53.0 Å². The molecule has 2 unspecified atom stereocenters. The van der Waals surface area contributed by atoms with Crippen molar-refractivity contribution in [2.24, 2.45) is 5.92 Å². The van der Waals surface area contributed by atoms with Crippen molar-refractivity contribution in [2.75, 3.05) is 5.32 Å². The van der Waals surface area contributed by atoms with Crippen molar-refractivity contribution >= 4 is 27.5 Å². The van der Waals surface area contributed by atoms with Gasteiger partial charge in [-0.1, -0.05) is 50.6 Å². The van der Waals surface area contributed by atoms with Gasteiger partial charge in [0.15, 0.2) is 0 Å². The Hall–Kier alpha value is -1.68. The molecule has 0 spiro atoms. The Morgan fingerprint density at radius 2 is 1.91 bits per heavy atom. The molecule has 2 atom stereocenters. The molecule has 0 aliphatic heterocycles. The van der Waals surface area contributed by atoms with Crippen molar-refractivity contribution in [1.82, 2.24) is 0 Å². The zero-order valence-electron chi connectivity index (χ0n) is 12.6. The van der Waals surface area contributed by atoms with Crippen LogP contribution in [0.25, 0.3) is 0 Å². The molecule has 0 fully saturated rings. The van der Waals surface area contributed by atoms with E-state index in [0.717, 1.165) is 12.0 Å². The fourth-order valence-electron chi connectivity index (χ4n) is 2.44. The quantitative estimate of drug-likeness (QED) is 0.761. The number of anilines is 1. The summed E-state index contributed by atoms with van der Waals surface area (Å²) in [4.78, 5) is 12.7. The van der Waals surface area contributed by atoms with E-state index in [1.165, 1.54) is 12.1 Å². The minimum absolute atomic E-state index is 0.0761. The standard InChI is InChI=1S/C18H19BrFNO/c1-3-12(2)17(13-7-5-4-6-8-13)18(22)21-16-10-9-14(20)11-15(16)19/h4-12,17H,3H2,1-2H3,(H,21,22). The zero-order chi connectivity index (χ0) is 16.1. The molecule has 4 heteroatoms. The fourth-order valence-corrected chi connectivity index (χ4v) is 2.89. The number of benzene rings is 2. The molecule has 0 radical (unpaired) electrons. The SMILES string of the molecule is CCC(C)C(C(=O)Nc1ccc(F)cc1Br)c1ccccc1. The molecule has 0 aliphatic rings. The van der Waals surface area contributed by atoms with Crippen LogP contribution in [-0.2, 0) is 4.79 Å². The van der Waals surface area contributed by atoms with Crippen LogP contribution < -0.4 is 5.32 Å². The summed E-state index contributed by atoms with van der Waals surface area (Å²) in [6.07, 6.45) is 0.900. The van der Waals surface area contributed by atoms with Gasteiger partial charge in [0.05, 0.1) is 11.6 Å². The van der Waals surface area contributed by atoms with Crippen LogP contribution in [0.3, 0.4) is 0 Å². The molecule has 0 aromatic heterocycles. The second kappa shape index (κ2) is 7.54. The second-order valence-corrected chi connectivity index (χ2v) is 6.24. The molecule has 0 saturated heterocycles. The lowest BCUT2D eigenvalue weighted by Gasteiger charge is -2.23. The highest BCUT2D eigenvalue weighted by molar-refractivity contribution is 9.10. The van der Waals surface area contributed by atoms with Gasteiger partial charge in [-0.15, -0.1) is 0 Å². The Kier molecular flexibility index (Phi) is 5.72. The summed E-state index contributed by atoms with van der Waals surface area (Å²) in [7, 11) is 0. The van der Waals surface area contributed by atoms with Crippen LogP contribution in [0, 0.1) is 11.7 Å². The van der Waals surface area contributed by atoms with Gasteiger partial charge in [-0.2, -0.15) is 0 Å². The normalized spacial score (nSPS) is 13.5. The van der Waals surface area contributed by atoms with E-state index in [0.29, 0.717) is 10.2 Å². The lowest BCUT2D eigenvalue weighted by molar-refractivity contribution is -0.118. The number of hydrogen-bond donors (Lipinski definition) is 1. The number of amides is 1. The molecule has 1 N–H and O–H groups in total. The van der Waals surface area contributed by atoms with E-state index in [-0.39, 0.29) is 23.6 Å². The van der Waals surface area contributed by atoms with Gasteiger partial charge in [0.1, 0.15) is 5.82 Å². The van der Waals surface area contributed by atoms with Gasteiger partial charge in [0.2, 0.25) is 5.91 Å². The van der Waals surface area contributed by atoms with Crippen LogP contribution in [0.4, 0.5) is 10.1 Å². The van der Waals surface area contributed by atoms with E-state index < -0.39 is 0 Å². The minimum atomic E-state index is -0.341. The molecule has 1 amide bonds. The first kappa shape index (κ1) is 16.7.